The lowest BCUT2D eigenvalue weighted by atomic mass is 10.1. The van der Waals surface area contributed by atoms with E-state index in [1.165, 1.54) is 29.8 Å². The molecule has 5 nitrogen and oxygen atoms in total. The summed E-state index contributed by atoms with van der Waals surface area (Å²) < 4.78 is 23.8. The highest BCUT2D eigenvalue weighted by Crippen LogP contribution is 2.13. The first kappa shape index (κ1) is 19.3. The number of carbonyl (C=O) groups is 1. The van der Waals surface area contributed by atoms with Gasteiger partial charge < -0.3 is 14.8 Å². The molecular formula is C21H25FN2O3. The van der Waals surface area contributed by atoms with Gasteiger partial charge in [-0.2, -0.15) is 0 Å². The zero-order valence-corrected chi connectivity index (χ0v) is 15.5. The Labute approximate surface area is 159 Å². The fourth-order valence-corrected chi connectivity index (χ4v) is 2.88. The molecule has 0 radical (unpaired) electrons. The molecule has 27 heavy (non-hydrogen) atoms. The molecule has 0 aliphatic carbocycles. The Morgan fingerprint density at radius 3 is 2.41 bits per heavy atom. The molecule has 1 fully saturated rings. The van der Waals surface area contributed by atoms with E-state index in [0.29, 0.717) is 12.3 Å². The summed E-state index contributed by atoms with van der Waals surface area (Å²) in [5, 5.41) is 2.87. The van der Waals surface area contributed by atoms with Gasteiger partial charge in [0, 0.05) is 26.2 Å². The molecular weight excluding hydrogens is 347 g/mol. The zero-order chi connectivity index (χ0) is 19.1. The third-order valence-electron chi connectivity index (χ3n) is 4.50. The lowest BCUT2D eigenvalue weighted by molar-refractivity contribution is -0.127. The van der Waals surface area contributed by atoms with Gasteiger partial charge in [-0.25, -0.2) is 4.39 Å². The van der Waals surface area contributed by atoms with Crippen LogP contribution in [0.5, 0.6) is 5.75 Å². The molecule has 2 aromatic carbocycles. The van der Waals surface area contributed by atoms with Crippen molar-refractivity contribution in [3.8, 4) is 5.75 Å². The standard InChI is InChI=1S/C21H25FN2O3/c1-16(27-20-8-6-19(22)7-9-20)21(25)23-14-17-2-4-18(5-3-17)15-24-10-12-26-13-11-24/h2-9,16H,10-15H2,1H3,(H,23,25)/t16-/m1/s1. The molecule has 144 valence electrons. The average molecular weight is 372 g/mol. The number of carbonyl (C=O) groups excluding carboxylic acids is 1. The van der Waals surface area contributed by atoms with E-state index < -0.39 is 6.10 Å². The summed E-state index contributed by atoms with van der Waals surface area (Å²) in [4.78, 5) is 14.6. The van der Waals surface area contributed by atoms with Gasteiger partial charge in [-0.05, 0) is 42.3 Å². The number of nitrogens with zero attached hydrogens (tertiary/aromatic N) is 1. The van der Waals surface area contributed by atoms with E-state index in [-0.39, 0.29) is 11.7 Å². The van der Waals surface area contributed by atoms with Crippen molar-refractivity contribution in [1.82, 2.24) is 10.2 Å². The minimum absolute atomic E-state index is 0.211. The number of hydrogen-bond acceptors (Lipinski definition) is 4. The molecule has 6 heteroatoms. The summed E-state index contributed by atoms with van der Waals surface area (Å²) in [6.07, 6.45) is -0.656. The van der Waals surface area contributed by atoms with E-state index in [1.807, 2.05) is 12.1 Å². The maximum absolute atomic E-state index is 12.9. The Hall–Kier alpha value is -2.44. The van der Waals surface area contributed by atoms with E-state index in [1.54, 1.807) is 6.92 Å². The molecule has 3 rings (SSSR count). The van der Waals surface area contributed by atoms with Crippen molar-refractivity contribution in [3.63, 3.8) is 0 Å². The predicted molar refractivity (Wildman–Crippen MR) is 101 cm³/mol. The lowest BCUT2D eigenvalue weighted by Crippen LogP contribution is -2.36. The summed E-state index contributed by atoms with van der Waals surface area (Å²) in [6, 6.07) is 13.9. The first-order chi connectivity index (χ1) is 13.1. The minimum Gasteiger partial charge on any atom is -0.481 e. The SMILES string of the molecule is C[C@@H](Oc1ccc(F)cc1)C(=O)NCc1ccc(CN2CCOCC2)cc1. The van der Waals surface area contributed by atoms with E-state index in [2.05, 4.69) is 22.3 Å². The highest BCUT2D eigenvalue weighted by atomic mass is 19.1. The fourth-order valence-electron chi connectivity index (χ4n) is 2.88. The van der Waals surface area contributed by atoms with Gasteiger partial charge in [0.25, 0.3) is 5.91 Å². The van der Waals surface area contributed by atoms with Crippen LogP contribution in [-0.4, -0.2) is 43.2 Å². The fraction of sp³-hybridized carbons (Fsp3) is 0.381. The lowest BCUT2D eigenvalue weighted by Gasteiger charge is -2.26. The van der Waals surface area contributed by atoms with Gasteiger partial charge in [-0.1, -0.05) is 24.3 Å². The number of amides is 1. The number of halogens is 1. The highest BCUT2D eigenvalue weighted by Gasteiger charge is 2.14. The van der Waals surface area contributed by atoms with Crippen LogP contribution >= 0.6 is 0 Å². The van der Waals surface area contributed by atoms with Gasteiger partial charge in [-0.3, -0.25) is 9.69 Å². The normalized spacial score (nSPS) is 15.9. The summed E-state index contributed by atoms with van der Waals surface area (Å²) in [5.41, 5.74) is 2.28. The van der Waals surface area contributed by atoms with E-state index >= 15 is 0 Å². The Bertz CT molecular complexity index is 728. The Balaban J connectivity index is 1.44. The summed E-state index contributed by atoms with van der Waals surface area (Å²) >= 11 is 0. The molecule has 1 heterocycles. The number of hydrogen-bond donors (Lipinski definition) is 1. The quantitative estimate of drug-likeness (QED) is 0.812. The third kappa shape index (κ3) is 6.05. The molecule has 1 N–H and O–H groups in total. The van der Waals surface area contributed by atoms with Crippen LogP contribution in [0.3, 0.4) is 0 Å². The number of rotatable bonds is 7. The van der Waals surface area contributed by atoms with Crippen LogP contribution in [0, 0.1) is 5.82 Å². The molecule has 0 saturated carbocycles. The van der Waals surface area contributed by atoms with Crippen molar-refractivity contribution in [2.24, 2.45) is 0 Å². The Morgan fingerprint density at radius 2 is 1.74 bits per heavy atom. The van der Waals surface area contributed by atoms with Crippen LogP contribution in [0.1, 0.15) is 18.1 Å². The van der Waals surface area contributed by atoms with Crippen LogP contribution in [0.15, 0.2) is 48.5 Å². The van der Waals surface area contributed by atoms with Crippen LogP contribution in [0.25, 0.3) is 0 Å². The molecule has 1 saturated heterocycles. The number of nitrogens with one attached hydrogen (secondary N) is 1. The van der Waals surface area contributed by atoms with E-state index in [0.717, 1.165) is 38.4 Å². The Kier molecular flexibility index (Phi) is 6.79. The third-order valence-corrected chi connectivity index (χ3v) is 4.50. The maximum Gasteiger partial charge on any atom is 0.261 e. The van der Waals surface area contributed by atoms with E-state index in [9.17, 15) is 9.18 Å². The first-order valence-corrected chi connectivity index (χ1v) is 9.18. The number of benzene rings is 2. The topological polar surface area (TPSA) is 50.8 Å². The molecule has 1 aliphatic heterocycles. The van der Waals surface area contributed by atoms with Crippen molar-refractivity contribution >= 4 is 5.91 Å². The molecule has 1 atom stereocenters. The zero-order valence-electron chi connectivity index (χ0n) is 15.5. The first-order valence-electron chi connectivity index (χ1n) is 9.18. The number of ether oxygens (including phenoxy) is 2. The second-order valence-electron chi connectivity index (χ2n) is 6.64. The minimum atomic E-state index is -0.656. The largest absolute Gasteiger partial charge is 0.481 e. The smallest absolute Gasteiger partial charge is 0.261 e. The van der Waals surface area contributed by atoms with Gasteiger partial charge in [0.15, 0.2) is 6.10 Å². The maximum atomic E-state index is 12.9. The average Bonchev–Trinajstić information content (AvgIpc) is 2.69. The second-order valence-corrected chi connectivity index (χ2v) is 6.64. The van der Waals surface area contributed by atoms with Crippen molar-refractivity contribution in [3.05, 3.63) is 65.5 Å². The van der Waals surface area contributed by atoms with Crippen LogP contribution < -0.4 is 10.1 Å². The van der Waals surface area contributed by atoms with Gasteiger partial charge in [-0.15, -0.1) is 0 Å². The van der Waals surface area contributed by atoms with Gasteiger partial charge in [0.1, 0.15) is 11.6 Å². The van der Waals surface area contributed by atoms with Crippen molar-refractivity contribution < 1.29 is 18.7 Å². The van der Waals surface area contributed by atoms with Gasteiger partial charge in [0.2, 0.25) is 0 Å². The molecule has 0 spiro atoms. The molecule has 2 aromatic rings. The molecule has 0 unspecified atom stereocenters. The van der Waals surface area contributed by atoms with E-state index in [4.69, 9.17) is 9.47 Å². The highest BCUT2D eigenvalue weighted by molar-refractivity contribution is 5.80. The van der Waals surface area contributed by atoms with Crippen molar-refractivity contribution in [1.29, 1.82) is 0 Å². The number of morpholine rings is 1. The summed E-state index contributed by atoms with van der Waals surface area (Å²) in [6.45, 7) is 6.54. The summed E-state index contributed by atoms with van der Waals surface area (Å²) in [5.74, 6) is -0.0836. The van der Waals surface area contributed by atoms with Crippen LogP contribution in [0.4, 0.5) is 4.39 Å². The second kappa shape index (κ2) is 9.48. The van der Waals surface area contributed by atoms with Gasteiger partial charge >= 0.3 is 0 Å². The van der Waals surface area contributed by atoms with Crippen molar-refractivity contribution in [2.75, 3.05) is 26.3 Å². The van der Waals surface area contributed by atoms with Crippen molar-refractivity contribution in [2.45, 2.75) is 26.1 Å². The Morgan fingerprint density at radius 1 is 1.11 bits per heavy atom. The monoisotopic (exact) mass is 372 g/mol. The molecule has 1 amide bonds. The predicted octanol–water partition coefficient (Wildman–Crippen LogP) is 2.74. The molecule has 0 bridgehead atoms. The molecule has 1 aliphatic rings. The van der Waals surface area contributed by atoms with Gasteiger partial charge in [0.05, 0.1) is 13.2 Å². The van der Waals surface area contributed by atoms with Crippen LogP contribution in [-0.2, 0) is 22.6 Å². The summed E-state index contributed by atoms with van der Waals surface area (Å²) in [7, 11) is 0. The molecule has 0 aromatic heterocycles. The van der Waals surface area contributed by atoms with Crippen LogP contribution in [0.2, 0.25) is 0 Å².